The molecule has 0 N–H and O–H groups in total. The number of allylic oxidation sites excluding steroid dienone is 1. The minimum atomic E-state index is -1.18. The van der Waals surface area contributed by atoms with Crippen LogP contribution in [-0.2, 0) is 19.1 Å². The fourth-order valence-corrected chi connectivity index (χ4v) is 3.27. The van der Waals surface area contributed by atoms with Crippen LogP contribution in [-0.4, -0.2) is 25.2 Å². The average Bonchev–Trinajstić information content (AvgIpc) is 2.38. The highest BCUT2D eigenvalue weighted by atomic mass is 16.6. The molecule has 1 saturated carbocycles. The molecule has 1 fully saturated rings. The van der Waals surface area contributed by atoms with Crippen LogP contribution in [0.2, 0.25) is 0 Å². The number of rotatable bonds is 5. The molecule has 0 heterocycles. The zero-order chi connectivity index (χ0) is 16.3. The topological polar surface area (TPSA) is 52.6 Å². The number of carbonyl (C=O) groups is 2. The molecule has 0 aromatic heterocycles. The van der Waals surface area contributed by atoms with Crippen molar-refractivity contribution in [3.05, 3.63) is 12.2 Å². The number of hydrogen-bond acceptors (Lipinski definition) is 4. The van der Waals surface area contributed by atoms with Crippen molar-refractivity contribution in [1.29, 1.82) is 0 Å². The van der Waals surface area contributed by atoms with Crippen molar-refractivity contribution in [2.24, 2.45) is 16.7 Å². The van der Waals surface area contributed by atoms with Crippen LogP contribution in [0.4, 0.5) is 0 Å². The summed E-state index contributed by atoms with van der Waals surface area (Å²) in [6.07, 6.45) is 1.66. The third kappa shape index (κ3) is 3.47. The predicted molar refractivity (Wildman–Crippen MR) is 81.6 cm³/mol. The summed E-state index contributed by atoms with van der Waals surface area (Å²) in [6, 6.07) is 0. The van der Waals surface area contributed by atoms with Crippen molar-refractivity contribution in [3.8, 4) is 0 Å². The molecule has 0 aromatic carbocycles. The van der Waals surface area contributed by atoms with Crippen LogP contribution in [0.3, 0.4) is 0 Å². The van der Waals surface area contributed by atoms with E-state index in [1.54, 1.807) is 13.8 Å². The van der Waals surface area contributed by atoms with Gasteiger partial charge in [-0.15, -0.1) is 0 Å². The van der Waals surface area contributed by atoms with Crippen LogP contribution >= 0.6 is 0 Å². The standard InChI is InChI=1S/C17H28O4/c1-7-20-14(18)17(15(19)21-8-2)10-9-16(5,6)13(11-17)12(3)4/h13H,3,7-11H2,1-2,4-6H3/t13-/m1/s1. The largest absolute Gasteiger partial charge is 0.465 e. The molecule has 1 aliphatic carbocycles. The van der Waals surface area contributed by atoms with Crippen molar-refractivity contribution in [2.45, 2.75) is 53.9 Å². The Labute approximate surface area is 127 Å². The first kappa shape index (κ1) is 17.7. The second-order valence-electron chi connectivity index (χ2n) is 6.61. The lowest BCUT2D eigenvalue weighted by molar-refractivity contribution is -0.178. The minimum absolute atomic E-state index is 0.0221. The third-order valence-electron chi connectivity index (χ3n) is 4.62. The zero-order valence-electron chi connectivity index (χ0n) is 14.0. The van der Waals surface area contributed by atoms with E-state index < -0.39 is 17.4 Å². The lowest BCUT2D eigenvalue weighted by Crippen LogP contribution is -2.49. The van der Waals surface area contributed by atoms with Crippen LogP contribution in [0.15, 0.2) is 12.2 Å². The summed E-state index contributed by atoms with van der Waals surface area (Å²) < 4.78 is 10.4. The molecule has 0 aliphatic heterocycles. The molecule has 0 saturated heterocycles. The van der Waals surface area contributed by atoms with Crippen LogP contribution < -0.4 is 0 Å². The van der Waals surface area contributed by atoms with Gasteiger partial charge >= 0.3 is 11.9 Å². The maximum Gasteiger partial charge on any atom is 0.323 e. The Morgan fingerprint density at radius 2 is 1.57 bits per heavy atom. The van der Waals surface area contributed by atoms with E-state index in [-0.39, 0.29) is 24.5 Å². The van der Waals surface area contributed by atoms with Gasteiger partial charge in [0.1, 0.15) is 0 Å². The predicted octanol–water partition coefficient (Wildman–Crippen LogP) is 3.50. The summed E-state index contributed by atoms with van der Waals surface area (Å²) >= 11 is 0. The number of hydrogen-bond donors (Lipinski definition) is 0. The van der Waals surface area contributed by atoms with E-state index in [9.17, 15) is 9.59 Å². The molecular weight excluding hydrogens is 268 g/mol. The van der Waals surface area contributed by atoms with E-state index in [1.165, 1.54) is 0 Å². The molecule has 1 atom stereocenters. The van der Waals surface area contributed by atoms with E-state index in [2.05, 4.69) is 20.4 Å². The summed E-state index contributed by atoms with van der Waals surface area (Å²) in [6.45, 7) is 14.4. The molecule has 0 spiro atoms. The molecule has 1 aliphatic rings. The summed E-state index contributed by atoms with van der Waals surface area (Å²) in [4.78, 5) is 24.9. The Bertz CT molecular complexity index is 405. The Kier molecular flexibility index (Phi) is 5.60. The van der Waals surface area contributed by atoms with Gasteiger partial charge in [-0.3, -0.25) is 9.59 Å². The summed E-state index contributed by atoms with van der Waals surface area (Å²) in [5, 5.41) is 0. The summed E-state index contributed by atoms with van der Waals surface area (Å²) in [5.74, 6) is -0.810. The Morgan fingerprint density at radius 3 is 1.95 bits per heavy atom. The van der Waals surface area contributed by atoms with Gasteiger partial charge in [0.05, 0.1) is 13.2 Å². The van der Waals surface area contributed by atoms with Gasteiger partial charge in [0.2, 0.25) is 0 Å². The smallest absolute Gasteiger partial charge is 0.323 e. The lowest BCUT2D eigenvalue weighted by atomic mass is 9.57. The molecule has 0 radical (unpaired) electrons. The molecule has 21 heavy (non-hydrogen) atoms. The van der Waals surface area contributed by atoms with Crippen molar-refractivity contribution in [1.82, 2.24) is 0 Å². The quantitative estimate of drug-likeness (QED) is 0.442. The molecule has 1 rings (SSSR count). The van der Waals surface area contributed by atoms with Gasteiger partial charge < -0.3 is 9.47 Å². The van der Waals surface area contributed by atoms with Gasteiger partial charge in [-0.05, 0) is 51.4 Å². The molecule has 0 bridgehead atoms. The van der Waals surface area contributed by atoms with Crippen LogP contribution in [0.25, 0.3) is 0 Å². The van der Waals surface area contributed by atoms with E-state index in [4.69, 9.17) is 9.47 Å². The highest BCUT2D eigenvalue weighted by Gasteiger charge is 2.55. The number of esters is 2. The second-order valence-corrected chi connectivity index (χ2v) is 6.61. The van der Waals surface area contributed by atoms with Gasteiger partial charge in [0, 0.05) is 0 Å². The van der Waals surface area contributed by atoms with Crippen LogP contribution in [0.5, 0.6) is 0 Å². The van der Waals surface area contributed by atoms with Gasteiger partial charge in [-0.25, -0.2) is 0 Å². The van der Waals surface area contributed by atoms with E-state index >= 15 is 0 Å². The molecule has 0 aromatic rings. The third-order valence-corrected chi connectivity index (χ3v) is 4.62. The minimum Gasteiger partial charge on any atom is -0.465 e. The van der Waals surface area contributed by atoms with Gasteiger partial charge in [-0.1, -0.05) is 26.0 Å². The summed E-state index contributed by atoms with van der Waals surface area (Å²) in [5.41, 5.74) is -0.155. The van der Waals surface area contributed by atoms with Crippen molar-refractivity contribution < 1.29 is 19.1 Å². The second kappa shape index (κ2) is 6.63. The monoisotopic (exact) mass is 296 g/mol. The molecule has 120 valence electrons. The highest BCUT2D eigenvalue weighted by Crippen LogP contribution is 2.52. The van der Waals surface area contributed by atoms with E-state index in [0.29, 0.717) is 12.8 Å². The molecule has 0 amide bonds. The van der Waals surface area contributed by atoms with Crippen LogP contribution in [0.1, 0.15) is 53.9 Å². The first-order chi connectivity index (χ1) is 9.71. The molecule has 4 nitrogen and oxygen atoms in total. The van der Waals surface area contributed by atoms with Crippen molar-refractivity contribution >= 4 is 11.9 Å². The highest BCUT2D eigenvalue weighted by molar-refractivity contribution is 6.00. The first-order valence-electron chi connectivity index (χ1n) is 7.71. The van der Waals surface area contributed by atoms with Crippen molar-refractivity contribution in [2.75, 3.05) is 13.2 Å². The van der Waals surface area contributed by atoms with Crippen molar-refractivity contribution in [3.63, 3.8) is 0 Å². The van der Waals surface area contributed by atoms with Crippen LogP contribution in [0, 0.1) is 16.7 Å². The van der Waals surface area contributed by atoms with E-state index in [1.807, 2.05) is 6.92 Å². The normalized spacial score (nSPS) is 23.2. The fourth-order valence-electron chi connectivity index (χ4n) is 3.27. The maximum atomic E-state index is 12.5. The number of carbonyl (C=O) groups excluding carboxylic acids is 2. The molecule has 0 unspecified atom stereocenters. The first-order valence-corrected chi connectivity index (χ1v) is 7.71. The summed E-state index contributed by atoms with van der Waals surface area (Å²) in [7, 11) is 0. The van der Waals surface area contributed by atoms with Gasteiger partial charge in [0.15, 0.2) is 5.41 Å². The van der Waals surface area contributed by atoms with E-state index in [0.717, 1.165) is 12.0 Å². The Balaban J connectivity index is 3.17. The van der Waals surface area contributed by atoms with Gasteiger partial charge in [-0.2, -0.15) is 0 Å². The van der Waals surface area contributed by atoms with Gasteiger partial charge in [0.25, 0.3) is 0 Å². The molecular formula is C17H28O4. The number of ether oxygens (including phenoxy) is 2. The lowest BCUT2D eigenvalue weighted by Gasteiger charge is -2.46. The SMILES string of the molecule is C=C(C)[C@H]1CC(C(=O)OCC)(C(=O)OCC)CCC1(C)C. The zero-order valence-corrected chi connectivity index (χ0v) is 14.0. The Morgan fingerprint density at radius 1 is 1.10 bits per heavy atom. The maximum absolute atomic E-state index is 12.5. The Hall–Kier alpha value is -1.32. The average molecular weight is 296 g/mol. The fraction of sp³-hybridized carbons (Fsp3) is 0.765. The molecule has 4 heteroatoms.